The van der Waals surface area contributed by atoms with Gasteiger partial charge in [-0.25, -0.2) is 0 Å². The number of nitrogens with zero attached hydrogens (tertiary/aromatic N) is 1. The summed E-state index contributed by atoms with van der Waals surface area (Å²) in [6.45, 7) is 6.24. The van der Waals surface area contributed by atoms with E-state index in [1.54, 1.807) is 0 Å². The van der Waals surface area contributed by atoms with Crippen LogP contribution >= 0.6 is 0 Å². The Morgan fingerprint density at radius 2 is 1.52 bits per heavy atom. The molecule has 0 aliphatic heterocycles. The molecule has 0 atom stereocenters. The molecular weight excluding hydrogens is 260 g/mol. The summed E-state index contributed by atoms with van der Waals surface area (Å²) in [6, 6.07) is 14.4. The summed E-state index contributed by atoms with van der Waals surface area (Å²) in [5, 5.41) is 3.95. The summed E-state index contributed by atoms with van der Waals surface area (Å²) in [4.78, 5) is 0. The first-order chi connectivity index (χ1) is 10.1. The second kappa shape index (κ2) is 5.09. The van der Waals surface area contributed by atoms with Gasteiger partial charge in [-0.2, -0.15) is 0 Å². The standard InChI is InChI=1S/C18H18N2O/c1-11-4-7-14(8-5-11)17-16(18(19)20-21-17)15-9-6-12(2)13(3)10-15/h4-10H,1-3H3,(H2,19,20). The molecule has 0 radical (unpaired) electrons. The highest BCUT2D eigenvalue weighted by atomic mass is 16.5. The number of hydrogen-bond donors (Lipinski definition) is 1. The van der Waals surface area contributed by atoms with Crippen LogP contribution in [0.2, 0.25) is 0 Å². The maximum absolute atomic E-state index is 6.02. The van der Waals surface area contributed by atoms with E-state index in [9.17, 15) is 0 Å². The lowest BCUT2D eigenvalue weighted by atomic mass is 9.98. The third-order valence-electron chi connectivity index (χ3n) is 3.83. The van der Waals surface area contributed by atoms with Gasteiger partial charge >= 0.3 is 0 Å². The van der Waals surface area contributed by atoms with Crippen molar-refractivity contribution in [3.63, 3.8) is 0 Å². The Bertz CT molecular complexity index is 785. The topological polar surface area (TPSA) is 52.0 Å². The molecule has 0 saturated heterocycles. The lowest BCUT2D eigenvalue weighted by Crippen LogP contribution is -1.90. The molecule has 3 aromatic rings. The first-order valence-corrected chi connectivity index (χ1v) is 6.96. The Kier molecular flexibility index (Phi) is 3.26. The molecule has 0 unspecified atom stereocenters. The van der Waals surface area contributed by atoms with Crippen molar-refractivity contribution in [3.05, 3.63) is 59.2 Å². The number of nitrogen functional groups attached to an aromatic ring is 1. The molecular formula is C18H18N2O. The first kappa shape index (κ1) is 13.4. The van der Waals surface area contributed by atoms with Gasteiger partial charge in [-0.15, -0.1) is 0 Å². The minimum Gasteiger partial charge on any atom is -0.380 e. The number of anilines is 1. The minimum absolute atomic E-state index is 0.425. The van der Waals surface area contributed by atoms with E-state index in [2.05, 4.69) is 56.3 Å². The highest BCUT2D eigenvalue weighted by molar-refractivity contribution is 5.86. The van der Waals surface area contributed by atoms with Gasteiger partial charge in [0.1, 0.15) is 0 Å². The fourth-order valence-electron chi connectivity index (χ4n) is 2.38. The summed E-state index contributed by atoms with van der Waals surface area (Å²) in [6.07, 6.45) is 0. The van der Waals surface area contributed by atoms with Gasteiger partial charge in [0.2, 0.25) is 0 Å². The average molecular weight is 278 g/mol. The number of aromatic nitrogens is 1. The first-order valence-electron chi connectivity index (χ1n) is 6.96. The Morgan fingerprint density at radius 3 is 2.19 bits per heavy atom. The van der Waals surface area contributed by atoms with Gasteiger partial charge in [-0.1, -0.05) is 53.2 Å². The van der Waals surface area contributed by atoms with E-state index in [1.165, 1.54) is 16.7 Å². The van der Waals surface area contributed by atoms with Crippen molar-refractivity contribution in [3.8, 4) is 22.5 Å². The quantitative estimate of drug-likeness (QED) is 0.750. The number of aryl methyl sites for hydroxylation is 3. The molecule has 1 heterocycles. The molecule has 3 nitrogen and oxygen atoms in total. The summed E-state index contributed by atoms with van der Waals surface area (Å²) < 4.78 is 5.47. The minimum atomic E-state index is 0.425. The normalized spacial score (nSPS) is 10.8. The van der Waals surface area contributed by atoms with Crippen LogP contribution in [-0.2, 0) is 0 Å². The molecule has 3 heteroatoms. The molecule has 2 N–H and O–H groups in total. The van der Waals surface area contributed by atoms with Crippen LogP contribution in [0.5, 0.6) is 0 Å². The molecule has 0 aliphatic carbocycles. The zero-order valence-corrected chi connectivity index (χ0v) is 12.5. The van der Waals surface area contributed by atoms with E-state index in [4.69, 9.17) is 10.3 Å². The molecule has 0 fully saturated rings. The van der Waals surface area contributed by atoms with Gasteiger partial charge in [-0.05, 0) is 37.5 Å². The van der Waals surface area contributed by atoms with Gasteiger partial charge in [0.15, 0.2) is 11.6 Å². The van der Waals surface area contributed by atoms with E-state index in [0.717, 1.165) is 22.5 Å². The predicted molar refractivity (Wildman–Crippen MR) is 86.0 cm³/mol. The zero-order chi connectivity index (χ0) is 15.0. The van der Waals surface area contributed by atoms with Gasteiger partial charge in [0.05, 0.1) is 5.56 Å². The number of nitrogens with two attached hydrogens (primary N) is 1. The van der Waals surface area contributed by atoms with Crippen LogP contribution in [0.25, 0.3) is 22.5 Å². The fourth-order valence-corrected chi connectivity index (χ4v) is 2.38. The highest BCUT2D eigenvalue weighted by Gasteiger charge is 2.17. The summed E-state index contributed by atoms with van der Waals surface area (Å²) in [5.74, 6) is 1.14. The SMILES string of the molecule is Cc1ccc(-c2onc(N)c2-c2ccc(C)c(C)c2)cc1. The van der Waals surface area contributed by atoms with Crippen LogP contribution in [0.1, 0.15) is 16.7 Å². The van der Waals surface area contributed by atoms with Gasteiger partial charge < -0.3 is 10.3 Å². The third-order valence-corrected chi connectivity index (χ3v) is 3.83. The molecule has 0 saturated carbocycles. The Hall–Kier alpha value is -2.55. The van der Waals surface area contributed by atoms with Crippen molar-refractivity contribution < 1.29 is 4.52 Å². The highest BCUT2D eigenvalue weighted by Crippen LogP contribution is 2.37. The Morgan fingerprint density at radius 1 is 0.857 bits per heavy atom. The number of benzene rings is 2. The van der Waals surface area contributed by atoms with Crippen molar-refractivity contribution in [1.82, 2.24) is 5.16 Å². The molecule has 3 rings (SSSR count). The number of hydrogen-bond acceptors (Lipinski definition) is 3. The van der Waals surface area contributed by atoms with E-state index < -0.39 is 0 Å². The van der Waals surface area contributed by atoms with Crippen molar-refractivity contribution in [2.75, 3.05) is 5.73 Å². The molecule has 0 aliphatic rings. The largest absolute Gasteiger partial charge is 0.380 e. The van der Waals surface area contributed by atoms with Crippen molar-refractivity contribution in [1.29, 1.82) is 0 Å². The van der Waals surface area contributed by atoms with Crippen LogP contribution in [0, 0.1) is 20.8 Å². The molecule has 0 spiro atoms. The van der Waals surface area contributed by atoms with Crippen LogP contribution in [-0.4, -0.2) is 5.16 Å². The number of rotatable bonds is 2. The second-order valence-electron chi connectivity index (χ2n) is 5.44. The Labute approximate surface area is 124 Å². The van der Waals surface area contributed by atoms with Crippen LogP contribution in [0.3, 0.4) is 0 Å². The monoisotopic (exact) mass is 278 g/mol. The average Bonchev–Trinajstić information content (AvgIpc) is 2.85. The summed E-state index contributed by atoms with van der Waals surface area (Å²) in [5.41, 5.74) is 12.6. The maximum atomic E-state index is 6.02. The van der Waals surface area contributed by atoms with E-state index >= 15 is 0 Å². The fraction of sp³-hybridized carbons (Fsp3) is 0.167. The van der Waals surface area contributed by atoms with Gasteiger partial charge in [0, 0.05) is 5.56 Å². The van der Waals surface area contributed by atoms with E-state index in [-0.39, 0.29) is 0 Å². The lowest BCUT2D eigenvalue weighted by molar-refractivity contribution is 0.436. The second-order valence-corrected chi connectivity index (χ2v) is 5.44. The van der Waals surface area contributed by atoms with Gasteiger partial charge in [-0.3, -0.25) is 0 Å². The summed E-state index contributed by atoms with van der Waals surface area (Å²) in [7, 11) is 0. The smallest absolute Gasteiger partial charge is 0.176 e. The van der Waals surface area contributed by atoms with E-state index in [1.807, 2.05) is 12.1 Å². The van der Waals surface area contributed by atoms with Gasteiger partial charge in [0.25, 0.3) is 0 Å². The predicted octanol–water partition coefficient (Wildman–Crippen LogP) is 4.52. The van der Waals surface area contributed by atoms with Crippen molar-refractivity contribution in [2.24, 2.45) is 0 Å². The van der Waals surface area contributed by atoms with Crippen molar-refractivity contribution in [2.45, 2.75) is 20.8 Å². The molecule has 106 valence electrons. The molecule has 0 amide bonds. The Balaban J connectivity index is 2.16. The van der Waals surface area contributed by atoms with Crippen LogP contribution in [0.4, 0.5) is 5.82 Å². The molecule has 1 aromatic heterocycles. The zero-order valence-electron chi connectivity index (χ0n) is 12.5. The van der Waals surface area contributed by atoms with E-state index in [0.29, 0.717) is 5.82 Å². The maximum Gasteiger partial charge on any atom is 0.176 e. The van der Waals surface area contributed by atoms with Crippen LogP contribution in [0.15, 0.2) is 47.0 Å². The molecule has 0 bridgehead atoms. The summed E-state index contributed by atoms with van der Waals surface area (Å²) >= 11 is 0. The molecule has 21 heavy (non-hydrogen) atoms. The van der Waals surface area contributed by atoms with Crippen molar-refractivity contribution >= 4 is 5.82 Å². The lowest BCUT2D eigenvalue weighted by Gasteiger charge is -2.06. The van der Waals surface area contributed by atoms with Crippen LogP contribution < -0.4 is 5.73 Å². The molecule has 2 aromatic carbocycles. The third kappa shape index (κ3) is 2.42.